The number of likely N-dealkylation sites (tertiary alicyclic amines) is 1. The SMILES string of the molecule is C[C@H](Oc1ccc(F)cc1)c1nnc(SCC(=O)N2CCC[C@H](c3nc4ccccc4s3)C2)o1. The van der Waals surface area contributed by atoms with Gasteiger partial charge in [0, 0.05) is 19.0 Å². The van der Waals surface area contributed by atoms with Crippen molar-refractivity contribution in [2.24, 2.45) is 0 Å². The molecule has 1 aliphatic rings. The van der Waals surface area contributed by atoms with Crippen LogP contribution in [0.4, 0.5) is 4.39 Å². The molecule has 3 heterocycles. The standard InChI is InChI=1S/C24H23FN4O3S2/c1-15(31-18-10-8-17(25)9-11-18)22-27-28-24(32-22)33-14-21(30)29-12-4-5-16(13-29)23-26-19-6-2-3-7-20(19)34-23/h2-3,6-11,15-16H,4-5,12-14H2,1H3/t15-,16-/m0/s1. The molecule has 0 unspecified atom stereocenters. The van der Waals surface area contributed by atoms with Gasteiger partial charge in [-0.25, -0.2) is 9.37 Å². The molecule has 1 saturated heterocycles. The van der Waals surface area contributed by atoms with Gasteiger partial charge in [0.25, 0.3) is 11.1 Å². The Kier molecular flexibility index (Phi) is 6.77. The topological polar surface area (TPSA) is 81.4 Å². The summed E-state index contributed by atoms with van der Waals surface area (Å²) < 4.78 is 25.6. The van der Waals surface area contributed by atoms with Crippen LogP contribution in [0.1, 0.15) is 42.7 Å². The fraction of sp³-hybridized carbons (Fsp3) is 0.333. The number of amides is 1. The average molecular weight is 499 g/mol. The summed E-state index contributed by atoms with van der Waals surface area (Å²) in [5, 5.41) is 9.47. The Hall–Kier alpha value is -2.98. The Balaban J connectivity index is 1.15. The van der Waals surface area contributed by atoms with Crippen LogP contribution in [0.3, 0.4) is 0 Å². The zero-order valence-electron chi connectivity index (χ0n) is 18.5. The van der Waals surface area contributed by atoms with Gasteiger partial charge in [-0.1, -0.05) is 23.9 Å². The van der Waals surface area contributed by atoms with Crippen LogP contribution in [0.15, 0.2) is 58.2 Å². The number of carbonyl (C=O) groups is 1. The third-order valence-corrected chi connectivity index (χ3v) is 7.65. The molecule has 1 amide bonds. The molecule has 0 saturated carbocycles. The van der Waals surface area contributed by atoms with Crippen molar-refractivity contribution in [3.05, 3.63) is 65.2 Å². The van der Waals surface area contributed by atoms with E-state index in [-0.39, 0.29) is 23.4 Å². The molecule has 7 nitrogen and oxygen atoms in total. The number of aromatic nitrogens is 3. The molecule has 4 aromatic rings. The second-order valence-electron chi connectivity index (χ2n) is 8.11. The predicted molar refractivity (Wildman–Crippen MR) is 129 cm³/mol. The number of fused-ring (bicyclic) bond motifs is 1. The first-order chi connectivity index (χ1) is 16.5. The van der Waals surface area contributed by atoms with Gasteiger partial charge in [-0.2, -0.15) is 0 Å². The highest BCUT2D eigenvalue weighted by Gasteiger charge is 2.27. The van der Waals surface area contributed by atoms with Crippen LogP contribution in [0.2, 0.25) is 0 Å². The maximum Gasteiger partial charge on any atom is 0.277 e. The van der Waals surface area contributed by atoms with E-state index >= 15 is 0 Å². The summed E-state index contributed by atoms with van der Waals surface area (Å²) in [5.74, 6) is 1.01. The molecular weight excluding hydrogens is 475 g/mol. The number of carbonyl (C=O) groups excluding carboxylic acids is 1. The number of para-hydroxylation sites is 1. The van der Waals surface area contributed by atoms with Gasteiger partial charge in [0.1, 0.15) is 11.6 Å². The van der Waals surface area contributed by atoms with Gasteiger partial charge in [-0.3, -0.25) is 4.79 Å². The molecule has 176 valence electrons. The molecule has 0 N–H and O–H groups in total. The van der Waals surface area contributed by atoms with Crippen LogP contribution >= 0.6 is 23.1 Å². The molecular formula is C24H23FN4O3S2. The summed E-state index contributed by atoms with van der Waals surface area (Å²) in [4.78, 5) is 19.6. The lowest BCUT2D eigenvalue weighted by molar-refractivity contribution is -0.129. The van der Waals surface area contributed by atoms with Crippen molar-refractivity contribution >= 4 is 39.2 Å². The quantitative estimate of drug-likeness (QED) is 0.313. The number of thioether (sulfide) groups is 1. The number of benzene rings is 2. The minimum atomic E-state index is -0.500. The summed E-state index contributed by atoms with van der Waals surface area (Å²) in [5.41, 5.74) is 1.02. The number of hydrogen-bond donors (Lipinski definition) is 0. The van der Waals surface area contributed by atoms with E-state index < -0.39 is 6.10 Å². The zero-order chi connectivity index (χ0) is 23.5. The van der Waals surface area contributed by atoms with Crippen LogP contribution < -0.4 is 4.74 Å². The lowest BCUT2D eigenvalue weighted by atomic mass is 9.99. The summed E-state index contributed by atoms with van der Waals surface area (Å²) in [6.45, 7) is 3.20. The number of rotatable bonds is 7. The van der Waals surface area contributed by atoms with Gasteiger partial charge < -0.3 is 14.1 Å². The first-order valence-corrected chi connectivity index (χ1v) is 12.9. The molecule has 5 rings (SSSR count). The smallest absolute Gasteiger partial charge is 0.277 e. The van der Waals surface area contributed by atoms with Gasteiger partial charge in [-0.05, 0) is 56.2 Å². The van der Waals surface area contributed by atoms with E-state index in [1.54, 1.807) is 18.3 Å². The normalized spacial score (nSPS) is 17.1. The molecule has 1 aliphatic heterocycles. The van der Waals surface area contributed by atoms with Crippen molar-refractivity contribution in [2.75, 3.05) is 18.8 Å². The van der Waals surface area contributed by atoms with E-state index in [0.29, 0.717) is 23.4 Å². The van der Waals surface area contributed by atoms with E-state index in [4.69, 9.17) is 14.1 Å². The van der Waals surface area contributed by atoms with Crippen LogP contribution in [0.25, 0.3) is 10.2 Å². The minimum absolute atomic E-state index is 0.0474. The van der Waals surface area contributed by atoms with E-state index in [1.165, 1.54) is 40.7 Å². The molecule has 0 aliphatic carbocycles. The number of ether oxygens (including phenoxy) is 1. The van der Waals surface area contributed by atoms with Gasteiger partial charge in [0.2, 0.25) is 5.91 Å². The van der Waals surface area contributed by atoms with Crippen LogP contribution in [-0.2, 0) is 4.79 Å². The molecule has 1 fully saturated rings. The Labute approximate surface area is 204 Å². The van der Waals surface area contributed by atoms with E-state index in [0.717, 1.165) is 29.9 Å². The van der Waals surface area contributed by atoms with E-state index in [2.05, 4.69) is 16.3 Å². The van der Waals surface area contributed by atoms with Crippen LogP contribution in [-0.4, -0.2) is 44.8 Å². The first-order valence-electron chi connectivity index (χ1n) is 11.1. The zero-order valence-corrected chi connectivity index (χ0v) is 20.2. The van der Waals surface area contributed by atoms with Gasteiger partial charge in [-0.15, -0.1) is 21.5 Å². The van der Waals surface area contributed by atoms with Gasteiger partial charge in [0.05, 0.1) is 21.0 Å². The summed E-state index contributed by atoms with van der Waals surface area (Å²) in [7, 11) is 0. The van der Waals surface area contributed by atoms with Gasteiger partial charge in [0.15, 0.2) is 6.10 Å². The second-order valence-corrected chi connectivity index (χ2v) is 10.1. The Morgan fingerprint density at radius 3 is 2.91 bits per heavy atom. The second kappa shape index (κ2) is 10.1. The molecule has 0 bridgehead atoms. The third-order valence-electron chi connectivity index (χ3n) is 5.65. The molecule has 2 aromatic heterocycles. The van der Waals surface area contributed by atoms with E-state index in [9.17, 15) is 9.18 Å². The highest BCUT2D eigenvalue weighted by Crippen LogP contribution is 2.33. The fourth-order valence-corrected chi connectivity index (χ4v) is 5.66. The summed E-state index contributed by atoms with van der Waals surface area (Å²) >= 11 is 2.94. The van der Waals surface area contributed by atoms with Crippen molar-refractivity contribution in [1.82, 2.24) is 20.1 Å². The van der Waals surface area contributed by atoms with Crippen molar-refractivity contribution in [1.29, 1.82) is 0 Å². The third kappa shape index (κ3) is 5.23. The number of hydrogen-bond acceptors (Lipinski definition) is 8. The molecule has 0 spiro atoms. The lowest BCUT2D eigenvalue weighted by Crippen LogP contribution is -2.40. The molecule has 0 radical (unpaired) electrons. The average Bonchev–Trinajstić information content (AvgIpc) is 3.51. The number of halogens is 1. The molecule has 10 heteroatoms. The monoisotopic (exact) mass is 498 g/mol. The number of nitrogens with zero attached hydrogens (tertiary/aromatic N) is 4. The molecule has 2 aromatic carbocycles. The molecule has 2 atom stereocenters. The highest BCUT2D eigenvalue weighted by atomic mass is 32.2. The number of piperidine rings is 1. The predicted octanol–water partition coefficient (Wildman–Crippen LogP) is 5.46. The Morgan fingerprint density at radius 2 is 2.09 bits per heavy atom. The van der Waals surface area contributed by atoms with Crippen molar-refractivity contribution in [2.45, 2.75) is 37.0 Å². The van der Waals surface area contributed by atoms with Crippen LogP contribution in [0.5, 0.6) is 5.75 Å². The van der Waals surface area contributed by atoms with Crippen LogP contribution in [0, 0.1) is 5.82 Å². The maximum atomic E-state index is 13.1. The highest BCUT2D eigenvalue weighted by molar-refractivity contribution is 7.99. The number of thiazole rings is 1. The Bertz CT molecular complexity index is 1240. The van der Waals surface area contributed by atoms with Gasteiger partial charge >= 0.3 is 0 Å². The minimum Gasteiger partial charge on any atom is -0.481 e. The van der Waals surface area contributed by atoms with Crippen molar-refractivity contribution in [3.63, 3.8) is 0 Å². The first kappa shape index (κ1) is 22.8. The summed E-state index contributed by atoms with van der Waals surface area (Å²) in [6, 6.07) is 13.9. The summed E-state index contributed by atoms with van der Waals surface area (Å²) in [6.07, 6.45) is 1.50. The lowest BCUT2D eigenvalue weighted by Gasteiger charge is -2.31. The Morgan fingerprint density at radius 1 is 1.26 bits per heavy atom. The maximum absolute atomic E-state index is 13.1. The van der Waals surface area contributed by atoms with E-state index in [1.807, 2.05) is 23.1 Å². The largest absolute Gasteiger partial charge is 0.481 e. The molecule has 34 heavy (non-hydrogen) atoms. The van der Waals surface area contributed by atoms with Crippen molar-refractivity contribution in [3.8, 4) is 5.75 Å². The van der Waals surface area contributed by atoms with Crippen molar-refractivity contribution < 1.29 is 18.3 Å². The fourth-order valence-electron chi connectivity index (χ4n) is 3.90.